The molecule has 3 N–H and O–H groups in total. The second kappa shape index (κ2) is 6.35. The van der Waals surface area contributed by atoms with Crippen LogP contribution < -0.4 is 5.32 Å². The van der Waals surface area contributed by atoms with Gasteiger partial charge in [0.2, 0.25) is 5.91 Å². The fraction of sp³-hybridized carbons (Fsp3) is 0.533. The van der Waals surface area contributed by atoms with E-state index >= 15 is 0 Å². The van der Waals surface area contributed by atoms with Crippen LogP contribution in [0.5, 0.6) is 0 Å². The molecule has 110 valence electrons. The van der Waals surface area contributed by atoms with Gasteiger partial charge in [-0.15, -0.1) is 0 Å². The van der Waals surface area contributed by atoms with Crippen LogP contribution in [-0.4, -0.2) is 52.9 Å². The summed E-state index contributed by atoms with van der Waals surface area (Å²) in [5.41, 5.74) is 3.03. The molecule has 5 heteroatoms. The second-order valence-corrected chi connectivity index (χ2v) is 5.34. The molecule has 1 aromatic carbocycles. The molecule has 1 saturated heterocycles. The Morgan fingerprint density at radius 2 is 2.00 bits per heavy atom. The highest BCUT2D eigenvalue weighted by Crippen LogP contribution is 2.21. The van der Waals surface area contributed by atoms with Gasteiger partial charge >= 0.3 is 0 Å². The summed E-state index contributed by atoms with van der Waals surface area (Å²) in [6.45, 7) is 4.88. The first-order valence-corrected chi connectivity index (χ1v) is 6.98. The van der Waals surface area contributed by atoms with E-state index in [2.05, 4.69) is 12.2 Å². The van der Waals surface area contributed by atoms with Gasteiger partial charge in [-0.05, 0) is 24.5 Å². The third kappa shape index (κ3) is 3.36. The van der Waals surface area contributed by atoms with Crippen molar-refractivity contribution < 1.29 is 15.0 Å². The number of anilines is 1. The topological polar surface area (TPSA) is 72.8 Å². The van der Waals surface area contributed by atoms with E-state index in [-0.39, 0.29) is 12.5 Å². The molecule has 0 unspecified atom stereocenters. The Morgan fingerprint density at radius 3 is 2.60 bits per heavy atom. The Morgan fingerprint density at radius 1 is 1.35 bits per heavy atom. The number of hydrogen-bond donors (Lipinski definition) is 3. The lowest BCUT2D eigenvalue weighted by atomic mass is 10.1. The summed E-state index contributed by atoms with van der Waals surface area (Å²) in [5, 5.41) is 21.9. The standard InChI is InChI=1S/C15H22N2O3/c1-3-11-6-4-5-10(2)15(11)16-14(20)9-17-7-12(18)13(19)8-17/h4-6,12-13,18-19H,3,7-9H2,1-2H3,(H,16,20)/t12-,13+. The van der Waals surface area contributed by atoms with Gasteiger partial charge in [-0.3, -0.25) is 9.69 Å². The van der Waals surface area contributed by atoms with Crippen LogP contribution in [0.1, 0.15) is 18.1 Å². The first-order valence-electron chi connectivity index (χ1n) is 6.98. The largest absolute Gasteiger partial charge is 0.389 e. The maximum Gasteiger partial charge on any atom is 0.238 e. The van der Waals surface area contributed by atoms with E-state index < -0.39 is 12.2 Å². The molecule has 1 amide bonds. The highest BCUT2D eigenvalue weighted by molar-refractivity contribution is 5.93. The number of nitrogens with one attached hydrogen (secondary N) is 1. The molecule has 0 aliphatic carbocycles. The van der Waals surface area contributed by atoms with Crippen molar-refractivity contribution in [2.75, 3.05) is 25.0 Å². The molecule has 0 aromatic heterocycles. The van der Waals surface area contributed by atoms with Crippen LogP contribution in [0.2, 0.25) is 0 Å². The van der Waals surface area contributed by atoms with Crippen LogP contribution in [0.3, 0.4) is 0 Å². The number of carbonyl (C=O) groups excluding carboxylic acids is 1. The summed E-state index contributed by atoms with van der Waals surface area (Å²) in [5.74, 6) is -0.115. The Labute approximate surface area is 119 Å². The lowest BCUT2D eigenvalue weighted by Crippen LogP contribution is -2.32. The van der Waals surface area contributed by atoms with Crippen molar-refractivity contribution in [3.05, 3.63) is 29.3 Å². The van der Waals surface area contributed by atoms with Gasteiger partial charge in [0, 0.05) is 18.8 Å². The maximum absolute atomic E-state index is 12.1. The molecular weight excluding hydrogens is 256 g/mol. The number of amides is 1. The number of carbonyl (C=O) groups is 1. The zero-order chi connectivity index (χ0) is 14.7. The number of nitrogens with zero attached hydrogens (tertiary/aromatic N) is 1. The van der Waals surface area contributed by atoms with E-state index in [0.717, 1.165) is 23.2 Å². The lowest BCUT2D eigenvalue weighted by molar-refractivity contribution is -0.117. The minimum Gasteiger partial charge on any atom is -0.389 e. The molecule has 5 nitrogen and oxygen atoms in total. The fourth-order valence-electron chi connectivity index (χ4n) is 2.56. The van der Waals surface area contributed by atoms with E-state index in [1.165, 1.54) is 0 Å². The summed E-state index contributed by atoms with van der Waals surface area (Å²) in [6, 6.07) is 5.96. The number of β-amino-alcohol motifs (C(OH)–C–C–N with tert-alkyl or cyclic N) is 2. The van der Waals surface area contributed by atoms with Crippen molar-refractivity contribution in [1.29, 1.82) is 0 Å². The van der Waals surface area contributed by atoms with Crippen LogP contribution in [0, 0.1) is 6.92 Å². The Bertz CT molecular complexity index is 480. The number of hydrogen-bond acceptors (Lipinski definition) is 4. The summed E-state index contributed by atoms with van der Waals surface area (Å²) in [4.78, 5) is 13.8. The molecule has 2 rings (SSSR count). The summed E-state index contributed by atoms with van der Waals surface area (Å²) in [6.07, 6.45) is -0.654. The zero-order valence-corrected chi connectivity index (χ0v) is 12.0. The SMILES string of the molecule is CCc1cccc(C)c1NC(=O)CN1C[C@@H](O)[C@@H](O)C1. The average Bonchev–Trinajstić information content (AvgIpc) is 2.70. The number of aryl methyl sites for hydroxylation is 2. The molecular formula is C15H22N2O3. The minimum absolute atomic E-state index is 0.115. The van der Waals surface area contributed by atoms with Gasteiger partial charge in [0.1, 0.15) is 0 Å². The van der Waals surface area contributed by atoms with E-state index in [0.29, 0.717) is 13.1 Å². The van der Waals surface area contributed by atoms with Crippen molar-refractivity contribution >= 4 is 11.6 Å². The van der Waals surface area contributed by atoms with Crippen molar-refractivity contribution in [1.82, 2.24) is 4.90 Å². The van der Waals surface area contributed by atoms with Gasteiger partial charge < -0.3 is 15.5 Å². The van der Waals surface area contributed by atoms with E-state index in [9.17, 15) is 15.0 Å². The van der Waals surface area contributed by atoms with Crippen molar-refractivity contribution in [2.45, 2.75) is 32.5 Å². The van der Waals surface area contributed by atoms with E-state index in [1.54, 1.807) is 4.90 Å². The average molecular weight is 278 g/mol. The molecule has 2 atom stereocenters. The van der Waals surface area contributed by atoms with E-state index in [4.69, 9.17) is 0 Å². The molecule has 0 bridgehead atoms. The zero-order valence-electron chi connectivity index (χ0n) is 12.0. The molecule has 0 radical (unpaired) electrons. The monoisotopic (exact) mass is 278 g/mol. The first kappa shape index (κ1) is 15.0. The third-order valence-corrected chi connectivity index (χ3v) is 3.71. The number of aliphatic hydroxyl groups excluding tert-OH is 2. The minimum atomic E-state index is -0.757. The van der Waals surface area contributed by atoms with Gasteiger partial charge in [-0.1, -0.05) is 25.1 Å². The van der Waals surface area contributed by atoms with Crippen LogP contribution in [-0.2, 0) is 11.2 Å². The first-order chi connectivity index (χ1) is 9.51. The van der Waals surface area contributed by atoms with Crippen LogP contribution in [0.15, 0.2) is 18.2 Å². The molecule has 0 saturated carbocycles. The Balaban J connectivity index is 1.99. The molecule has 1 aliphatic rings. The highest BCUT2D eigenvalue weighted by Gasteiger charge is 2.30. The number of para-hydroxylation sites is 1. The smallest absolute Gasteiger partial charge is 0.238 e. The second-order valence-electron chi connectivity index (χ2n) is 5.34. The fourth-order valence-corrected chi connectivity index (χ4v) is 2.56. The summed E-state index contributed by atoms with van der Waals surface area (Å²) < 4.78 is 0. The van der Waals surface area contributed by atoms with Gasteiger partial charge in [-0.2, -0.15) is 0 Å². The third-order valence-electron chi connectivity index (χ3n) is 3.71. The van der Waals surface area contributed by atoms with Gasteiger partial charge in [0.25, 0.3) is 0 Å². The van der Waals surface area contributed by atoms with Crippen molar-refractivity contribution in [3.63, 3.8) is 0 Å². The lowest BCUT2D eigenvalue weighted by Gasteiger charge is -2.17. The maximum atomic E-state index is 12.1. The molecule has 1 aromatic rings. The van der Waals surface area contributed by atoms with Gasteiger partial charge in [0.05, 0.1) is 18.8 Å². The predicted molar refractivity (Wildman–Crippen MR) is 77.6 cm³/mol. The highest BCUT2D eigenvalue weighted by atomic mass is 16.3. The van der Waals surface area contributed by atoms with Crippen LogP contribution in [0.25, 0.3) is 0 Å². The molecule has 0 spiro atoms. The normalized spacial score (nSPS) is 23.0. The predicted octanol–water partition coefficient (Wildman–Crippen LogP) is 0.533. The molecule has 20 heavy (non-hydrogen) atoms. The molecule has 1 aliphatic heterocycles. The molecule has 1 heterocycles. The van der Waals surface area contributed by atoms with Crippen LogP contribution in [0.4, 0.5) is 5.69 Å². The summed E-state index contributed by atoms with van der Waals surface area (Å²) in [7, 11) is 0. The molecule has 1 fully saturated rings. The quantitative estimate of drug-likeness (QED) is 0.751. The Hall–Kier alpha value is -1.43. The number of rotatable bonds is 4. The van der Waals surface area contributed by atoms with E-state index in [1.807, 2.05) is 25.1 Å². The number of aliphatic hydroxyl groups is 2. The van der Waals surface area contributed by atoms with Gasteiger partial charge in [0.15, 0.2) is 0 Å². The Kier molecular flexibility index (Phi) is 4.75. The number of benzene rings is 1. The van der Waals surface area contributed by atoms with Crippen molar-refractivity contribution in [2.24, 2.45) is 0 Å². The van der Waals surface area contributed by atoms with Gasteiger partial charge in [-0.25, -0.2) is 0 Å². The van der Waals surface area contributed by atoms with Crippen LogP contribution >= 0.6 is 0 Å². The number of likely N-dealkylation sites (tertiary alicyclic amines) is 1. The van der Waals surface area contributed by atoms with Crippen molar-refractivity contribution in [3.8, 4) is 0 Å². The summed E-state index contributed by atoms with van der Waals surface area (Å²) >= 11 is 0.